The first kappa shape index (κ1) is 18.0. The third kappa shape index (κ3) is 4.58. The van der Waals surface area contributed by atoms with Crippen molar-refractivity contribution < 1.29 is 14.3 Å². The van der Waals surface area contributed by atoms with Gasteiger partial charge < -0.3 is 20.7 Å². The summed E-state index contributed by atoms with van der Waals surface area (Å²) in [5, 5.41) is 8.83. The van der Waals surface area contributed by atoms with Crippen LogP contribution in [0.3, 0.4) is 0 Å². The highest BCUT2D eigenvalue weighted by Gasteiger charge is 2.13. The summed E-state index contributed by atoms with van der Waals surface area (Å²) in [6.45, 7) is 6.43. The van der Waals surface area contributed by atoms with E-state index in [-0.39, 0.29) is 11.9 Å². The molecule has 0 aliphatic rings. The van der Waals surface area contributed by atoms with Crippen molar-refractivity contribution in [2.24, 2.45) is 5.92 Å². The van der Waals surface area contributed by atoms with Crippen LogP contribution in [0.25, 0.3) is 10.2 Å². The Balaban J connectivity index is 2.23. The molecule has 24 heavy (non-hydrogen) atoms. The van der Waals surface area contributed by atoms with Gasteiger partial charge in [-0.3, -0.25) is 4.79 Å². The van der Waals surface area contributed by atoms with Gasteiger partial charge in [0.2, 0.25) is 5.91 Å². The molecule has 0 radical (unpaired) electrons. The van der Waals surface area contributed by atoms with Crippen molar-refractivity contribution in [2.75, 3.05) is 24.3 Å². The van der Waals surface area contributed by atoms with Crippen LogP contribution in [-0.2, 0) is 4.79 Å². The lowest BCUT2D eigenvalue weighted by atomic mass is 10.2. The fourth-order valence-electron chi connectivity index (χ4n) is 1.96. The summed E-state index contributed by atoms with van der Waals surface area (Å²) in [5.41, 5.74) is 1.26. The zero-order valence-electron chi connectivity index (χ0n) is 14.2. The zero-order chi connectivity index (χ0) is 17.7. The summed E-state index contributed by atoms with van der Waals surface area (Å²) in [6, 6.07) is 3.25. The lowest BCUT2D eigenvalue weighted by Crippen LogP contribution is -2.31. The molecule has 0 bridgehead atoms. The normalized spacial score (nSPS) is 10.7. The smallest absolute Gasteiger partial charge is 0.319 e. The molecule has 1 heterocycles. The van der Waals surface area contributed by atoms with E-state index in [1.807, 2.05) is 19.9 Å². The SMILES string of the molecule is CCC(=O)Nc1nc2c(OC)cc(NC(=O)NCC(C)C)cc2s1. The molecular weight excluding hydrogens is 328 g/mol. The summed E-state index contributed by atoms with van der Waals surface area (Å²) >= 11 is 1.34. The van der Waals surface area contributed by atoms with E-state index in [2.05, 4.69) is 20.9 Å². The molecule has 0 saturated carbocycles. The van der Waals surface area contributed by atoms with Crippen LogP contribution in [0.15, 0.2) is 12.1 Å². The molecule has 7 nitrogen and oxygen atoms in total. The summed E-state index contributed by atoms with van der Waals surface area (Å²) in [7, 11) is 1.54. The monoisotopic (exact) mass is 350 g/mol. The highest BCUT2D eigenvalue weighted by molar-refractivity contribution is 7.22. The number of anilines is 2. The second kappa shape index (κ2) is 7.96. The summed E-state index contributed by atoms with van der Waals surface area (Å²) < 4.78 is 6.17. The van der Waals surface area contributed by atoms with Crippen molar-refractivity contribution in [3.63, 3.8) is 0 Å². The molecule has 0 aliphatic carbocycles. The van der Waals surface area contributed by atoms with Gasteiger partial charge >= 0.3 is 6.03 Å². The molecule has 0 fully saturated rings. The molecule has 3 N–H and O–H groups in total. The fraction of sp³-hybridized carbons (Fsp3) is 0.438. The zero-order valence-corrected chi connectivity index (χ0v) is 15.0. The number of nitrogens with one attached hydrogen (secondary N) is 3. The molecule has 8 heteroatoms. The Morgan fingerprint density at radius 3 is 2.67 bits per heavy atom. The van der Waals surface area contributed by atoms with E-state index < -0.39 is 0 Å². The minimum Gasteiger partial charge on any atom is -0.494 e. The molecule has 2 rings (SSSR count). The van der Waals surface area contributed by atoms with Gasteiger partial charge in [-0.15, -0.1) is 0 Å². The van der Waals surface area contributed by atoms with Gasteiger partial charge in [-0.1, -0.05) is 32.1 Å². The van der Waals surface area contributed by atoms with Gasteiger partial charge in [0.1, 0.15) is 11.3 Å². The maximum atomic E-state index is 11.9. The number of ether oxygens (including phenoxy) is 1. The largest absolute Gasteiger partial charge is 0.494 e. The number of hydrogen-bond donors (Lipinski definition) is 3. The number of aromatic nitrogens is 1. The molecule has 0 unspecified atom stereocenters. The molecular formula is C16H22N4O3S. The number of hydrogen-bond acceptors (Lipinski definition) is 5. The third-order valence-corrected chi connectivity index (χ3v) is 4.09. The Kier molecular flexibility index (Phi) is 5.97. The summed E-state index contributed by atoms with van der Waals surface area (Å²) in [6.07, 6.45) is 0.385. The first-order chi connectivity index (χ1) is 11.4. The van der Waals surface area contributed by atoms with E-state index in [0.717, 1.165) is 4.70 Å². The van der Waals surface area contributed by atoms with Crippen LogP contribution in [-0.4, -0.2) is 30.6 Å². The van der Waals surface area contributed by atoms with Gasteiger partial charge in [0, 0.05) is 24.7 Å². The Hall–Kier alpha value is -2.35. The van der Waals surface area contributed by atoms with Crippen LogP contribution in [0, 0.1) is 5.92 Å². The molecule has 3 amide bonds. The van der Waals surface area contributed by atoms with Gasteiger partial charge in [-0.25, -0.2) is 9.78 Å². The van der Waals surface area contributed by atoms with Crippen LogP contribution in [0.1, 0.15) is 27.2 Å². The number of nitrogens with zero attached hydrogens (tertiary/aromatic N) is 1. The molecule has 0 aliphatic heterocycles. The standard InChI is InChI=1S/C16H22N4O3S/c1-5-13(21)19-16-20-14-11(23-4)6-10(7-12(14)24-16)18-15(22)17-8-9(2)3/h6-7,9H,5,8H2,1-4H3,(H2,17,18,22)(H,19,20,21). The topological polar surface area (TPSA) is 92.3 Å². The first-order valence-electron chi connectivity index (χ1n) is 7.76. The minimum atomic E-state index is -0.269. The van der Waals surface area contributed by atoms with E-state index in [1.165, 1.54) is 11.3 Å². The highest BCUT2D eigenvalue weighted by Crippen LogP contribution is 2.35. The van der Waals surface area contributed by atoms with E-state index >= 15 is 0 Å². The fourth-order valence-corrected chi connectivity index (χ4v) is 2.90. The van der Waals surface area contributed by atoms with Crippen molar-refractivity contribution in [3.05, 3.63) is 12.1 Å². The number of methoxy groups -OCH3 is 1. The molecule has 1 aromatic carbocycles. The number of carbonyl (C=O) groups is 2. The number of urea groups is 1. The molecule has 0 spiro atoms. The first-order valence-corrected chi connectivity index (χ1v) is 8.57. The number of amides is 3. The molecule has 130 valence electrons. The summed E-state index contributed by atoms with van der Waals surface area (Å²) in [4.78, 5) is 27.8. The predicted octanol–water partition coefficient (Wildman–Crippen LogP) is 3.43. The third-order valence-electron chi connectivity index (χ3n) is 3.18. The Bertz CT molecular complexity index is 742. The Labute approximate surface area is 144 Å². The Morgan fingerprint density at radius 2 is 2.04 bits per heavy atom. The second-order valence-corrected chi connectivity index (χ2v) is 6.71. The molecule has 1 aromatic heterocycles. The second-order valence-electron chi connectivity index (χ2n) is 5.67. The van der Waals surface area contributed by atoms with Crippen LogP contribution >= 0.6 is 11.3 Å². The quantitative estimate of drug-likeness (QED) is 0.744. The van der Waals surface area contributed by atoms with Crippen LogP contribution in [0.4, 0.5) is 15.6 Å². The number of fused-ring (bicyclic) bond motifs is 1. The molecule has 0 saturated heterocycles. The maximum Gasteiger partial charge on any atom is 0.319 e. The number of thiazole rings is 1. The van der Waals surface area contributed by atoms with Crippen LogP contribution < -0.4 is 20.7 Å². The minimum absolute atomic E-state index is 0.0977. The van der Waals surface area contributed by atoms with Crippen molar-refractivity contribution in [2.45, 2.75) is 27.2 Å². The van der Waals surface area contributed by atoms with Gasteiger partial charge in [0.25, 0.3) is 0 Å². The van der Waals surface area contributed by atoms with Gasteiger partial charge in [-0.05, 0) is 12.0 Å². The van der Waals surface area contributed by atoms with Crippen LogP contribution in [0.2, 0.25) is 0 Å². The average molecular weight is 350 g/mol. The number of carbonyl (C=O) groups excluding carboxylic acids is 2. The van der Waals surface area contributed by atoms with Crippen molar-refractivity contribution >= 4 is 44.3 Å². The van der Waals surface area contributed by atoms with Crippen molar-refractivity contribution in [1.82, 2.24) is 10.3 Å². The lowest BCUT2D eigenvalue weighted by molar-refractivity contribution is -0.115. The number of benzene rings is 1. The van der Waals surface area contributed by atoms with E-state index in [1.54, 1.807) is 20.1 Å². The van der Waals surface area contributed by atoms with Gasteiger partial charge in [0.05, 0.1) is 11.8 Å². The average Bonchev–Trinajstić information content (AvgIpc) is 2.94. The lowest BCUT2D eigenvalue weighted by Gasteiger charge is -2.10. The van der Waals surface area contributed by atoms with Gasteiger partial charge in [-0.2, -0.15) is 0 Å². The van der Waals surface area contributed by atoms with E-state index in [9.17, 15) is 9.59 Å². The van der Waals surface area contributed by atoms with E-state index in [0.29, 0.717) is 41.0 Å². The van der Waals surface area contributed by atoms with Crippen LogP contribution in [0.5, 0.6) is 5.75 Å². The van der Waals surface area contributed by atoms with E-state index in [4.69, 9.17) is 4.74 Å². The molecule has 2 aromatic rings. The summed E-state index contributed by atoms with van der Waals surface area (Å²) in [5.74, 6) is 0.818. The van der Waals surface area contributed by atoms with Gasteiger partial charge in [0.15, 0.2) is 5.13 Å². The maximum absolute atomic E-state index is 11.9. The Morgan fingerprint density at radius 1 is 1.29 bits per heavy atom. The van der Waals surface area contributed by atoms with Crippen molar-refractivity contribution in [3.8, 4) is 5.75 Å². The number of rotatable bonds is 6. The highest BCUT2D eigenvalue weighted by atomic mass is 32.1. The predicted molar refractivity (Wildman–Crippen MR) is 97.0 cm³/mol. The van der Waals surface area contributed by atoms with Crippen molar-refractivity contribution in [1.29, 1.82) is 0 Å². The molecule has 0 atom stereocenters.